The summed E-state index contributed by atoms with van der Waals surface area (Å²) in [5.74, 6) is 1.55. The van der Waals surface area contributed by atoms with Gasteiger partial charge < -0.3 is 25.6 Å². The molecular weight excluding hydrogens is 342 g/mol. The standard InChI is InChI=1S/C20H41N5O2/c1-6-13-25-14-9-17(10-15-25)16-24-18(21-7-2)22-11-8-12-23-19(26)27-20(3,4)5/h17H,6-16H2,1-5H3,(H,23,26)(H2,21,22,24). The number of piperidine rings is 1. The zero-order valence-corrected chi connectivity index (χ0v) is 18.1. The van der Waals surface area contributed by atoms with E-state index in [9.17, 15) is 4.79 Å². The number of rotatable bonds is 9. The molecule has 0 saturated carbocycles. The number of carbonyl (C=O) groups is 1. The van der Waals surface area contributed by atoms with Gasteiger partial charge in [0, 0.05) is 26.2 Å². The molecule has 0 radical (unpaired) electrons. The fourth-order valence-electron chi connectivity index (χ4n) is 3.07. The zero-order chi connectivity index (χ0) is 20.1. The van der Waals surface area contributed by atoms with Crippen LogP contribution in [0.4, 0.5) is 4.79 Å². The van der Waals surface area contributed by atoms with Crippen molar-refractivity contribution in [3.8, 4) is 0 Å². The second-order valence-electron chi connectivity index (χ2n) is 8.21. The van der Waals surface area contributed by atoms with Crippen LogP contribution in [0, 0.1) is 5.92 Å². The number of hydrogen-bond donors (Lipinski definition) is 3. The van der Waals surface area contributed by atoms with E-state index >= 15 is 0 Å². The summed E-state index contributed by atoms with van der Waals surface area (Å²) in [6, 6.07) is 0. The molecule has 1 rings (SSSR count). The summed E-state index contributed by atoms with van der Waals surface area (Å²) < 4.78 is 5.22. The lowest BCUT2D eigenvalue weighted by Crippen LogP contribution is -2.40. The summed E-state index contributed by atoms with van der Waals surface area (Å²) in [6.07, 6.45) is 4.17. The Balaban J connectivity index is 2.23. The average molecular weight is 384 g/mol. The second kappa shape index (κ2) is 12.8. The molecule has 1 amide bonds. The summed E-state index contributed by atoms with van der Waals surface area (Å²) in [4.78, 5) is 18.9. The van der Waals surface area contributed by atoms with Crippen LogP contribution in [0.25, 0.3) is 0 Å². The number of nitrogens with one attached hydrogen (secondary N) is 3. The minimum absolute atomic E-state index is 0.363. The maximum atomic E-state index is 11.6. The van der Waals surface area contributed by atoms with Gasteiger partial charge in [0.25, 0.3) is 0 Å². The molecule has 0 aromatic rings. The van der Waals surface area contributed by atoms with Crippen molar-refractivity contribution in [3.05, 3.63) is 0 Å². The SMILES string of the molecule is CCCN1CCC(CN=C(NCC)NCCCNC(=O)OC(C)(C)C)CC1. The molecule has 0 spiro atoms. The van der Waals surface area contributed by atoms with Crippen molar-refractivity contribution in [2.75, 3.05) is 45.8 Å². The van der Waals surface area contributed by atoms with E-state index in [0.29, 0.717) is 12.5 Å². The van der Waals surface area contributed by atoms with Crippen molar-refractivity contribution in [1.82, 2.24) is 20.9 Å². The van der Waals surface area contributed by atoms with Gasteiger partial charge in [-0.3, -0.25) is 4.99 Å². The third-order valence-corrected chi connectivity index (χ3v) is 4.41. The topological polar surface area (TPSA) is 78.0 Å². The average Bonchev–Trinajstić information content (AvgIpc) is 2.59. The van der Waals surface area contributed by atoms with Crippen LogP contribution in [0.5, 0.6) is 0 Å². The lowest BCUT2D eigenvalue weighted by Gasteiger charge is -2.31. The van der Waals surface area contributed by atoms with Crippen LogP contribution >= 0.6 is 0 Å². The number of hydrogen-bond acceptors (Lipinski definition) is 4. The summed E-state index contributed by atoms with van der Waals surface area (Å²) in [5.41, 5.74) is -0.458. The maximum Gasteiger partial charge on any atom is 0.407 e. The normalized spacial score (nSPS) is 16.9. The molecule has 158 valence electrons. The van der Waals surface area contributed by atoms with Gasteiger partial charge in [0.05, 0.1) is 0 Å². The third-order valence-electron chi connectivity index (χ3n) is 4.41. The van der Waals surface area contributed by atoms with Crippen LogP contribution in [-0.4, -0.2) is 68.4 Å². The van der Waals surface area contributed by atoms with E-state index < -0.39 is 5.60 Å². The Morgan fingerprint density at radius 3 is 2.37 bits per heavy atom. The molecule has 1 fully saturated rings. The van der Waals surface area contributed by atoms with Gasteiger partial charge in [-0.05, 0) is 78.9 Å². The second-order valence-corrected chi connectivity index (χ2v) is 8.21. The van der Waals surface area contributed by atoms with Gasteiger partial charge in [-0.1, -0.05) is 6.92 Å². The highest BCUT2D eigenvalue weighted by Gasteiger charge is 2.18. The Hall–Kier alpha value is -1.50. The molecule has 1 aliphatic rings. The van der Waals surface area contributed by atoms with Crippen molar-refractivity contribution in [2.45, 2.75) is 65.9 Å². The molecule has 0 bridgehead atoms. The maximum absolute atomic E-state index is 11.6. The van der Waals surface area contributed by atoms with Gasteiger partial charge in [0.2, 0.25) is 0 Å². The minimum Gasteiger partial charge on any atom is -0.444 e. The number of amides is 1. The number of ether oxygens (including phenoxy) is 1. The zero-order valence-electron chi connectivity index (χ0n) is 18.1. The Morgan fingerprint density at radius 2 is 1.78 bits per heavy atom. The van der Waals surface area contributed by atoms with Gasteiger partial charge in [-0.15, -0.1) is 0 Å². The summed E-state index contributed by atoms with van der Waals surface area (Å²) in [7, 11) is 0. The number of guanidine groups is 1. The van der Waals surface area contributed by atoms with Gasteiger partial charge in [0.15, 0.2) is 5.96 Å². The van der Waals surface area contributed by atoms with Crippen molar-refractivity contribution in [2.24, 2.45) is 10.9 Å². The monoisotopic (exact) mass is 383 g/mol. The number of alkyl carbamates (subject to hydrolysis) is 1. The van der Waals surface area contributed by atoms with Gasteiger partial charge in [0.1, 0.15) is 5.60 Å². The van der Waals surface area contributed by atoms with E-state index in [1.807, 2.05) is 20.8 Å². The highest BCUT2D eigenvalue weighted by atomic mass is 16.6. The van der Waals surface area contributed by atoms with E-state index in [-0.39, 0.29) is 6.09 Å². The first-order chi connectivity index (χ1) is 12.8. The van der Waals surface area contributed by atoms with E-state index in [1.54, 1.807) is 0 Å². The first-order valence-corrected chi connectivity index (χ1v) is 10.6. The Morgan fingerprint density at radius 1 is 1.11 bits per heavy atom. The summed E-state index contributed by atoms with van der Waals surface area (Å²) in [5, 5.41) is 9.42. The quantitative estimate of drug-likeness (QED) is 0.324. The highest BCUT2D eigenvalue weighted by Crippen LogP contribution is 2.17. The minimum atomic E-state index is -0.458. The first-order valence-electron chi connectivity index (χ1n) is 10.6. The van der Waals surface area contributed by atoms with E-state index in [0.717, 1.165) is 32.0 Å². The Bertz CT molecular complexity index is 440. The van der Waals surface area contributed by atoms with Crippen LogP contribution in [0.3, 0.4) is 0 Å². The van der Waals surface area contributed by atoms with Crippen LogP contribution < -0.4 is 16.0 Å². The van der Waals surface area contributed by atoms with E-state index in [1.165, 1.54) is 38.9 Å². The van der Waals surface area contributed by atoms with E-state index in [2.05, 4.69) is 34.7 Å². The molecule has 1 heterocycles. The molecule has 7 heteroatoms. The molecule has 0 aromatic carbocycles. The fraction of sp³-hybridized carbons (Fsp3) is 0.900. The molecule has 7 nitrogen and oxygen atoms in total. The Kier molecular flexibility index (Phi) is 11.2. The Labute approximate surface area is 165 Å². The molecule has 0 aromatic heterocycles. The van der Waals surface area contributed by atoms with Gasteiger partial charge in [-0.25, -0.2) is 4.79 Å². The molecule has 0 aliphatic carbocycles. The third kappa shape index (κ3) is 11.7. The molecule has 3 N–H and O–H groups in total. The smallest absolute Gasteiger partial charge is 0.407 e. The molecule has 0 unspecified atom stereocenters. The van der Waals surface area contributed by atoms with Gasteiger partial charge >= 0.3 is 6.09 Å². The lowest BCUT2D eigenvalue weighted by molar-refractivity contribution is 0.0527. The predicted octanol–water partition coefficient (Wildman–Crippen LogP) is 2.58. The fourth-order valence-corrected chi connectivity index (χ4v) is 3.07. The number of aliphatic imine (C=N–C) groups is 1. The summed E-state index contributed by atoms with van der Waals surface area (Å²) >= 11 is 0. The van der Waals surface area contributed by atoms with Crippen molar-refractivity contribution >= 4 is 12.1 Å². The van der Waals surface area contributed by atoms with Crippen LogP contribution in [0.15, 0.2) is 4.99 Å². The molecular formula is C20H41N5O2. The molecule has 1 aliphatic heterocycles. The van der Waals surface area contributed by atoms with Crippen molar-refractivity contribution in [1.29, 1.82) is 0 Å². The number of carbonyl (C=O) groups excluding carboxylic acids is 1. The molecule has 0 atom stereocenters. The van der Waals surface area contributed by atoms with Crippen LogP contribution in [0.1, 0.15) is 60.3 Å². The molecule has 1 saturated heterocycles. The summed E-state index contributed by atoms with van der Waals surface area (Å²) in [6.45, 7) is 16.6. The van der Waals surface area contributed by atoms with Crippen LogP contribution in [0.2, 0.25) is 0 Å². The van der Waals surface area contributed by atoms with Crippen molar-refractivity contribution in [3.63, 3.8) is 0 Å². The predicted molar refractivity (Wildman–Crippen MR) is 112 cm³/mol. The van der Waals surface area contributed by atoms with E-state index in [4.69, 9.17) is 9.73 Å². The largest absolute Gasteiger partial charge is 0.444 e. The van der Waals surface area contributed by atoms with Crippen LogP contribution in [-0.2, 0) is 4.74 Å². The van der Waals surface area contributed by atoms with Crippen molar-refractivity contribution < 1.29 is 9.53 Å². The number of likely N-dealkylation sites (tertiary alicyclic amines) is 1. The first kappa shape index (κ1) is 23.5. The highest BCUT2D eigenvalue weighted by molar-refractivity contribution is 5.79. The van der Waals surface area contributed by atoms with Gasteiger partial charge in [-0.2, -0.15) is 0 Å². The number of nitrogens with zero attached hydrogens (tertiary/aromatic N) is 2. The molecule has 27 heavy (non-hydrogen) atoms. The lowest BCUT2D eigenvalue weighted by atomic mass is 9.97.